The fourth-order valence-corrected chi connectivity index (χ4v) is 5.97. The Morgan fingerprint density at radius 2 is 1.82 bits per heavy atom. The molecule has 45 heavy (non-hydrogen) atoms. The second kappa shape index (κ2) is 14.7. The molecule has 1 saturated heterocycles. The minimum Gasteiger partial charge on any atom is -0.367 e. The first-order valence-corrected chi connectivity index (χ1v) is 15.5. The summed E-state index contributed by atoms with van der Waals surface area (Å²) in [5.74, 6) is 0.193. The normalized spacial score (nSPS) is 20.0. The first-order valence-electron chi connectivity index (χ1n) is 15.5. The number of hydrogen-bond donors (Lipinski definition) is 3. The predicted octanol–water partition coefficient (Wildman–Crippen LogP) is 4.75. The Morgan fingerprint density at radius 3 is 2.49 bits per heavy atom. The number of carbonyl (C=O) groups is 2. The maximum Gasteiger partial charge on any atom is 0.322 e. The number of carbonyl (C=O) groups excluding carboxylic acids is 2. The molecule has 234 valence electrons. The third-order valence-electron chi connectivity index (χ3n) is 8.68. The van der Waals surface area contributed by atoms with E-state index in [1.165, 1.54) is 18.5 Å². The second-order valence-electron chi connectivity index (χ2n) is 11.7. The Bertz CT molecular complexity index is 1510. The topological polar surface area (TPSA) is 130 Å². The third kappa shape index (κ3) is 7.96. The van der Waals surface area contributed by atoms with Crippen molar-refractivity contribution in [3.05, 3.63) is 84.7 Å². The SMILES string of the molecule is C=CC(=O)Nc1cc(N(C(=O)NCc2ccccc2)C2CCC(Nc3ncc(C#N)cn3)CC2)ccc1N1CCN(C)[C@@H](C)C1. The van der Waals surface area contributed by atoms with Crippen molar-refractivity contribution in [2.75, 3.05) is 47.1 Å². The molecule has 3 amide bonds. The molecule has 5 rings (SSSR count). The fraction of sp³-hybridized carbons (Fsp3) is 0.382. The van der Waals surface area contributed by atoms with Crippen molar-refractivity contribution in [2.24, 2.45) is 0 Å². The average Bonchev–Trinajstić information content (AvgIpc) is 3.07. The van der Waals surface area contributed by atoms with Crippen LogP contribution in [-0.4, -0.2) is 71.6 Å². The zero-order valence-corrected chi connectivity index (χ0v) is 25.9. The zero-order chi connectivity index (χ0) is 31.8. The van der Waals surface area contributed by atoms with E-state index in [1.54, 1.807) is 0 Å². The minimum absolute atomic E-state index is 0.0572. The number of hydrogen-bond acceptors (Lipinski definition) is 8. The molecule has 2 heterocycles. The summed E-state index contributed by atoms with van der Waals surface area (Å²) in [4.78, 5) is 41.5. The van der Waals surface area contributed by atoms with Gasteiger partial charge in [0.05, 0.1) is 29.3 Å². The summed E-state index contributed by atoms with van der Waals surface area (Å²) < 4.78 is 0. The van der Waals surface area contributed by atoms with Crippen molar-refractivity contribution in [1.82, 2.24) is 20.2 Å². The molecule has 0 unspecified atom stereocenters. The van der Waals surface area contributed by atoms with Gasteiger partial charge in [-0.15, -0.1) is 0 Å². The van der Waals surface area contributed by atoms with Crippen LogP contribution in [0.1, 0.15) is 43.7 Å². The number of nitrogens with one attached hydrogen (secondary N) is 3. The van der Waals surface area contributed by atoms with Gasteiger partial charge in [-0.2, -0.15) is 5.26 Å². The first-order chi connectivity index (χ1) is 21.8. The largest absolute Gasteiger partial charge is 0.367 e. The van der Waals surface area contributed by atoms with E-state index in [0.29, 0.717) is 29.8 Å². The molecule has 0 spiro atoms. The van der Waals surface area contributed by atoms with Crippen molar-refractivity contribution >= 4 is 34.9 Å². The fourth-order valence-electron chi connectivity index (χ4n) is 5.97. The van der Waals surface area contributed by atoms with Gasteiger partial charge in [-0.3, -0.25) is 9.69 Å². The maximum atomic E-state index is 13.9. The number of aromatic nitrogens is 2. The van der Waals surface area contributed by atoms with E-state index in [-0.39, 0.29) is 24.0 Å². The van der Waals surface area contributed by atoms with E-state index in [2.05, 4.69) is 56.3 Å². The van der Waals surface area contributed by atoms with Crippen LogP contribution in [0.15, 0.2) is 73.6 Å². The summed E-state index contributed by atoms with van der Waals surface area (Å²) in [7, 11) is 2.12. The van der Waals surface area contributed by atoms with Crippen LogP contribution in [0.2, 0.25) is 0 Å². The lowest BCUT2D eigenvalue weighted by Crippen LogP contribution is -2.50. The number of piperazine rings is 1. The smallest absolute Gasteiger partial charge is 0.322 e. The lowest BCUT2D eigenvalue weighted by molar-refractivity contribution is -0.111. The molecule has 1 atom stereocenters. The molecular formula is C34H41N9O2. The molecule has 11 nitrogen and oxygen atoms in total. The molecule has 2 fully saturated rings. The van der Waals surface area contributed by atoms with Crippen LogP contribution in [0.3, 0.4) is 0 Å². The Balaban J connectivity index is 1.39. The van der Waals surface area contributed by atoms with E-state index in [0.717, 1.165) is 62.3 Å². The number of anilines is 4. The van der Waals surface area contributed by atoms with E-state index in [9.17, 15) is 9.59 Å². The number of benzene rings is 2. The highest BCUT2D eigenvalue weighted by Crippen LogP contribution is 2.35. The van der Waals surface area contributed by atoms with Crippen LogP contribution in [0, 0.1) is 11.3 Å². The summed E-state index contributed by atoms with van der Waals surface area (Å²) in [6, 6.07) is 18.1. The monoisotopic (exact) mass is 607 g/mol. The predicted molar refractivity (Wildman–Crippen MR) is 177 cm³/mol. The maximum absolute atomic E-state index is 13.9. The van der Waals surface area contributed by atoms with Gasteiger partial charge < -0.3 is 25.8 Å². The molecule has 0 radical (unpaired) electrons. The highest BCUT2D eigenvalue weighted by Gasteiger charge is 2.31. The summed E-state index contributed by atoms with van der Waals surface area (Å²) in [5.41, 5.74) is 3.73. The van der Waals surface area contributed by atoms with Crippen LogP contribution < -0.4 is 25.8 Å². The van der Waals surface area contributed by atoms with Gasteiger partial charge in [-0.25, -0.2) is 14.8 Å². The molecule has 1 saturated carbocycles. The van der Waals surface area contributed by atoms with Crippen molar-refractivity contribution in [1.29, 1.82) is 5.26 Å². The average molecular weight is 608 g/mol. The highest BCUT2D eigenvalue weighted by molar-refractivity contribution is 6.02. The van der Waals surface area contributed by atoms with E-state index < -0.39 is 0 Å². The van der Waals surface area contributed by atoms with E-state index >= 15 is 0 Å². The molecule has 3 N–H and O–H groups in total. The van der Waals surface area contributed by atoms with Gasteiger partial charge in [0.2, 0.25) is 11.9 Å². The van der Waals surface area contributed by atoms with Gasteiger partial charge in [0.1, 0.15) is 6.07 Å². The number of nitrogens with zero attached hydrogens (tertiary/aromatic N) is 6. The van der Waals surface area contributed by atoms with Crippen LogP contribution in [0.25, 0.3) is 0 Å². The van der Waals surface area contributed by atoms with Gasteiger partial charge in [0.15, 0.2) is 0 Å². The van der Waals surface area contributed by atoms with Crippen LogP contribution in [0.5, 0.6) is 0 Å². The Labute approximate surface area is 264 Å². The molecule has 1 aliphatic carbocycles. The van der Waals surface area contributed by atoms with E-state index in [4.69, 9.17) is 5.26 Å². The van der Waals surface area contributed by atoms with Crippen LogP contribution >= 0.6 is 0 Å². The number of amides is 3. The van der Waals surface area contributed by atoms with Gasteiger partial charge in [0, 0.05) is 50.0 Å². The number of urea groups is 1. The molecular weight excluding hydrogens is 566 g/mol. The van der Waals surface area contributed by atoms with Crippen LogP contribution in [0.4, 0.5) is 27.8 Å². The number of rotatable bonds is 9. The summed E-state index contributed by atoms with van der Waals surface area (Å²) in [6.45, 7) is 8.81. The number of likely N-dealkylation sites (N-methyl/N-ethyl adjacent to an activating group) is 1. The Kier molecular flexibility index (Phi) is 10.3. The van der Waals surface area contributed by atoms with Crippen molar-refractivity contribution in [3.8, 4) is 6.07 Å². The molecule has 11 heteroatoms. The Morgan fingerprint density at radius 1 is 1.09 bits per heavy atom. The van der Waals surface area contributed by atoms with Crippen molar-refractivity contribution < 1.29 is 9.59 Å². The minimum atomic E-state index is -0.299. The first kappa shape index (κ1) is 31.5. The summed E-state index contributed by atoms with van der Waals surface area (Å²) in [5, 5.41) is 18.5. The van der Waals surface area contributed by atoms with Crippen molar-refractivity contribution in [3.63, 3.8) is 0 Å². The quantitative estimate of drug-likeness (QED) is 0.297. The zero-order valence-electron chi connectivity index (χ0n) is 25.9. The molecule has 3 aromatic rings. The number of nitriles is 1. The summed E-state index contributed by atoms with van der Waals surface area (Å²) in [6.07, 6.45) is 7.43. The molecule has 2 aromatic carbocycles. The molecule has 1 aromatic heterocycles. The van der Waals surface area contributed by atoms with Gasteiger partial charge in [-0.1, -0.05) is 36.9 Å². The molecule has 2 aliphatic rings. The molecule has 0 bridgehead atoms. The van der Waals surface area contributed by atoms with Gasteiger partial charge in [0.25, 0.3) is 0 Å². The summed E-state index contributed by atoms with van der Waals surface area (Å²) >= 11 is 0. The standard InChI is InChI=1S/C34H41N9O2/c1-4-32(44)40-30-18-29(14-15-31(30)42-17-16-41(3)24(2)23-42)43(34(45)38-20-25-8-6-5-7-9-25)28-12-10-27(11-13-28)39-33-36-21-26(19-35)22-37-33/h4-9,14-15,18,21-22,24,27-28H,1,10-13,16-17,20,23H2,2-3H3,(H,38,45)(H,40,44)(H,36,37,39)/t24-,27?,28?/m0/s1. The van der Waals surface area contributed by atoms with Crippen LogP contribution in [-0.2, 0) is 11.3 Å². The van der Waals surface area contributed by atoms with Gasteiger partial charge >= 0.3 is 6.03 Å². The second-order valence-corrected chi connectivity index (χ2v) is 11.7. The third-order valence-corrected chi connectivity index (χ3v) is 8.68. The Hall–Kier alpha value is -4.95. The lowest BCUT2D eigenvalue weighted by Gasteiger charge is -2.40. The van der Waals surface area contributed by atoms with Crippen molar-refractivity contribution in [2.45, 2.75) is 57.3 Å². The van der Waals surface area contributed by atoms with E-state index in [1.807, 2.05) is 59.5 Å². The van der Waals surface area contributed by atoms with Gasteiger partial charge in [-0.05, 0) is 69.5 Å². The molecule has 1 aliphatic heterocycles. The lowest BCUT2D eigenvalue weighted by atomic mass is 9.90. The highest BCUT2D eigenvalue weighted by atomic mass is 16.2.